The third-order valence-corrected chi connectivity index (χ3v) is 5.84. The molecule has 1 saturated heterocycles. The number of primary amides is 1. The van der Waals surface area contributed by atoms with Crippen molar-refractivity contribution in [1.82, 2.24) is 14.7 Å². The molecule has 5 rings (SSSR count). The molecule has 0 unspecified atom stereocenters. The fourth-order valence-corrected chi connectivity index (χ4v) is 4.21. The molecule has 33 heavy (non-hydrogen) atoms. The molecule has 1 aromatic heterocycles. The van der Waals surface area contributed by atoms with Crippen LogP contribution >= 0.6 is 0 Å². The Labute approximate surface area is 187 Å². The highest BCUT2D eigenvalue weighted by molar-refractivity contribution is 6.04. The third-order valence-electron chi connectivity index (χ3n) is 5.84. The van der Waals surface area contributed by atoms with Crippen LogP contribution < -0.4 is 15.4 Å². The Balaban J connectivity index is 1.25. The molecular formula is C22H21F2N5O4. The molecule has 0 saturated carbocycles. The lowest BCUT2D eigenvalue weighted by Gasteiger charge is -2.38. The lowest BCUT2D eigenvalue weighted by atomic mass is 10.1. The fraction of sp³-hybridized carbons (Fsp3) is 0.318. The van der Waals surface area contributed by atoms with Gasteiger partial charge in [0.05, 0.1) is 12.2 Å². The average molecular weight is 457 g/mol. The van der Waals surface area contributed by atoms with Gasteiger partial charge in [0, 0.05) is 49.0 Å². The number of aromatic nitrogens is 2. The molecule has 2 aliphatic heterocycles. The second kappa shape index (κ2) is 8.00. The number of ether oxygens (including phenoxy) is 2. The minimum Gasteiger partial charge on any atom is -0.409 e. The summed E-state index contributed by atoms with van der Waals surface area (Å²) in [6.45, 7) is 1.78. The topological polar surface area (TPSA) is 103 Å². The first-order valence-corrected chi connectivity index (χ1v) is 10.4. The van der Waals surface area contributed by atoms with E-state index in [-0.39, 0.29) is 24.8 Å². The quantitative estimate of drug-likeness (QED) is 0.643. The number of anilines is 1. The van der Waals surface area contributed by atoms with Gasteiger partial charge in [-0.25, -0.2) is 0 Å². The highest BCUT2D eigenvalue weighted by atomic mass is 19.3. The Bertz CT molecular complexity index is 1240. The largest absolute Gasteiger partial charge is 0.535 e. The summed E-state index contributed by atoms with van der Waals surface area (Å²) in [5, 5.41) is 5.09. The number of benzene rings is 2. The molecule has 9 nitrogen and oxygen atoms in total. The van der Waals surface area contributed by atoms with E-state index in [1.807, 2.05) is 11.0 Å². The molecule has 3 heterocycles. The first kappa shape index (κ1) is 21.1. The second-order valence-electron chi connectivity index (χ2n) is 7.91. The molecule has 0 aliphatic carbocycles. The van der Waals surface area contributed by atoms with Crippen molar-refractivity contribution < 1.29 is 27.8 Å². The second-order valence-corrected chi connectivity index (χ2v) is 7.91. The van der Waals surface area contributed by atoms with Gasteiger partial charge in [-0.2, -0.15) is 5.10 Å². The number of alkyl halides is 2. The van der Waals surface area contributed by atoms with Crippen molar-refractivity contribution in [1.29, 1.82) is 0 Å². The van der Waals surface area contributed by atoms with E-state index >= 15 is 0 Å². The van der Waals surface area contributed by atoms with Gasteiger partial charge < -0.3 is 20.3 Å². The van der Waals surface area contributed by atoms with Crippen molar-refractivity contribution >= 4 is 28.4 Å². The average Bonchev–Trinajstić information content (AvgIpc) is 3.20. The van der Waals surface area contributed by atoms with Gasteiger partial charge in [-0.1, -0.05) is 18.2 Å². The van der Waals surface area contributed by atoms with Crippen LogP contribution in [0.5, 0.6) is 5.75 Å². The van der Waals surface area contributed by atoms with E-state index in [2.05, 4.69) is 14.6 Å². The molecular weight excluding hydrogens is 436 g/mol. The Morgan fingerprint density at radius 3 is 2.61 bits per heavy atom. The number of carbonyl (C=O) groups is 2. The summed E-state index contributed by atoms with van der Waals surface area (Å²) in [6.07, 6.45) is -1.92. The molecule has 172 valence electrons. The maximum atomic E-state index is 13.4. The summed E-state index contributed by atoms with van der Waals surface area (Å²) in [7, 11) is 0. The summed E-state index contributed by atoms with van der Waals surface area (Å²) < 4.78 is 37.4. The maximum absolute atomic E-state index is 13.4. The van der Waals surface area contributed by atoms with E-state index in [1.54, 1.807) is 35.4 Å². The molecule has 2 aromatic carbocycles. The van der Waals surface area contributed by atoms with Crippen LogP contribution in [0.15, 0.2) is 42.6 Å². The number of carbonyl (C=O) groups excluding carboxylic acids is 2. The summed E-state index contributed by atoms with van der Waals surface area (Å²) in [5.41, 5.74) is 7.50. The predicted molar refractivity (Wildman–Crippen MR) is 114 cm³/mol. The summed E-state index contributed by atoms with van der Waals surface area (Å²) in [6, 6.07) is 10.1. The summed E-state index contributed by atoms with van der Waals surface area (Å²) in [5.74, 6) is -0.580. The number of hydrogen-bond acceptors (Lipinski definition) is 6. The standard InChI is InChI=1S/C22H21F2N5O4/c23-22(24)32-13-16-17(5-2-6-18(16)33-22)27-7-9-28(10-8-27)19(30)12-29-11-14-3-1-4-15(21(25)31)20(14)26-29/h1-6,11H,7-10,12-13H2,(H2,25,31). The van der Waals surface area contributed by atoms with E-state index < -0.39 is 12.2 Å². The molecule has 1 fully saturated rings. The van der Waals surface area contributed by atoms with Gasteiger partial charge in [0.15, 0.2) is 0 Å². The van der Waals surface area contributed by atoms with Crippen LogP contribution in [0.25, 0.3) is 10.9 Å². The zero-order valence-electron chi connectivity index (χ0n) is 17.5. The normalized spacial score (nSPS) is 17.5. The Morgan fingerprint density at radius 1 is 1.09 bits per heavy atom. The Hall–Kier alpha value is -3.73. The van der Waals surface area contributed by atoms with Gasteiger partial charge in [-0.15, -0.1) is 8.78 Å². The molecule has 2 aliphatic rings. The van der Waals surface area contributed by atoms with Crippen LogP contribution in [-0.2, 0) is 22.7 Å². The van der Waals surface area contributed by atoms with E-state index in [0.29, 0.717) is 42.8 Å². The van der Waals surface area contributed by atoms with Crippen molar-refractivity contribution in [2.75, 3.05) is 31.1 Å². The number of amides is 2. The van der Waals surface area contributed by atoms with Gasteiger partial charge in [-0.05, 0) is 18.2 Å². The number of halogens is 2. The Kier molecular flexibility index (Phi) is 5.12. The maximum Gasteiger partial charge on any atom is 0.535 e. The smallest absolute Gasteiger partial charge is 0.409 e. The van der Waals surface area contributed by atoms with Crippen LogP contribution in [0.3, 0.4) is 0 Å². The van der Waals surface area contributed by atoms with Crippen LogP contribution in [0.4, 0.5) is 14.5 Å². The van der Waals surface area contributed by atoms with Gasteiger partial charge >= 0.3 is 6.29 Å². The number of rotatable bonds is 4. The molecule has 2 amide bonds. The summed E-state index contributed by atoms with van der Waals surface area (Å²) in [4.78, 5) is 28.2. The van der Waals surface area contributed by atoms with Crippen LogP contribution in [-0.4, -0.2) is 59.0 Å². The fourth-order valence-electron chi connectivity index (χ4n) is 4.21. The van der Waals surface area contributed by atoms with E-state index in [0.717, 1.165) is 11.1 Å². The van der Waals surface area contributed by atoms with Crippen LogP contribution in [0.1, 0.15) is 15.9 Å². The predicted octanol–water partition coefficient (Wildman–Crippen LogP) is 1.94. The van der Waals surface area contributed by atoms with E-state index in [4.69, 9.17) is 5.73 Å². The monoisotopic (exact) mass is 457 g/mol. The van der Waals surface area contributed by atoms with Crippen molar-refractivity contribution in [3.8, 4) is 5.75 Å². The van der Waals surface area contributed by atoms with Crippen molar-refractivity contribution in [3.63, 3.8) is 0 Å². The molecule has 2 N–H and O–H groups in total. The van der Waals surface area contributed by atoms with Crippen molar-refractivity contribution in [2.24, 2.45) is 5.73 Å². The molecule has 0 bridgehead atoms. The van der Waals surface area contributed by atoms with E-state index in [1.165, 1.54) is 10.7 Å². The minimum absolute atomic E-state index is 0.0321. The summed E-state index contributed by atoms with van der Waals surface area (Å²) >= 11 is 0. The van der Waals surface area contributed by atoms with Crippen molar-refractivity contribution in [2.45, 2.75) is 19.4 Å². The highest BCUT2D eigenvalue weighted by Crippen LogP contribution is 2.38. The number of piperazine rings is 1. The highest BCUT2D eigenvalue weighted by Gasteiger charge is 2.40. The number of fused-ring (bicyclic) bond motifs is 2. The van der Waals surface area contributed by atoms with Crippen LogP contribution in [0, 0.1) is 0 Å². The number of nitrogens with zero attached hydrogens (tertiary/aromatic N) is 4. The zero-order chi connectivity index (χ0) is 23.2. The number of hydrogen-bond donors (Lipinski definition) is 1. The van der Waals surface area contributed by atoms with Gasteiger partial charge in [0.1, 0.15) is 17.8 Å². The Morgan fingerprint density at radius 2 is 1.85 bits per heavy atom. The first-order chi connectivity index (χ1) is 15.8. The van der Waals surface area contributed by atoms with Gasteiger partial charge in [0.2, 0.25) is 5.91 Å². The van der Waals surface area contributed by atoms with Gasteiger partial charge in [-0.3, -0.25) is 19.0 Å². The lowest BCUT2D eigenvalue weighted by Crippen LogP contribution is -2.50. The minimum atomic E-state index is -3.63. The van der Waals surface area contributed by atoms with Crippen LogP contribution in [0.2, 0.25) is 0 Å². The molecule has 3 aromatic rings. The first-order valence-electron chi connectivity index (χ1n) is 10.4. The number of nitrogens with two attached hydrogens (primary N) is 1. The van der Waals surface area contributed by atoms with Crippen molar-refractivity contribution in [3.05, 3.63) is 53.7 Å². The molecule has 11 heteroatoms. The SMILES string of the molecule is NC(=O)c1cccc2cn(CC(=O)N3CCN(c4cccc5c4COC(F)(F)O5)CC3)nc12. The molecule has 0 radical (unpaired) electrons. The molecule has 0 atom stereocenters. The zero-order valence-corrected chi connectivity index (χ0v) is 17.5. The molecule has 0 spiro atoms. The van der Waals surface area contributed by atoms with Gasteiger partial charge in [0.25, 0.3) is 5.91 Å². The lowest BCUT2D eigenvalue weighted by molar-refractivity contribution is -0.367. The van der Waals surface area contributed by atoms with E-state index in [9.17, 15) is 18.4 Å². The third kappa shape index (κ3) is 4.07.